The van der Waals surface area contributed by atoms with E-state index >= 15 is 0 Å². The van der Waals surface area contributed by atoms with Gasteiger partial charge in [-0.25, -0.2) is 14.8 Å². The van der Waals surface area contributed by atoms with Crippen LogP contribution in [0.4, 0.5) is 16.3 Å². The molecule has 3 aromatic carbocycles. The van der Waals surface area contributed by atoms with E-state index in [0.717, 1.165) is 102 Å². The van der Waals surface area contributed by atoms with Gasteiger partial charge in [-0.3, -0.25) is 14.3 Å². The van der Waals surface area contributed by atoms with Crippen LogP contribution in [0.3, 0.4) is 0 Å². The van der Waals surface area contributed by atoms with Gasteiger partial charge >= 0.3 is 6.09 Å². The van der Waals surface area contributed by atoms with E-state index in [1.165, 1.54) is 0 Å². The number of pyridine rings is 1. The molecule has 0 atom stereocenters. The first-order valence-electron chi connectivity index (χ1n) is 17.1. The van der Waals surface area contributed by atoms with Crippen LogP contribution in [0.15, 0.2) is 91.1 Å². The Hall–Kier alpha value is -5.44. The zero-order valence-electron chi connectivity index (χ0n) is 28.1. The summed E-state index contributed by atoms with van der Waals surface area (Å²) in [6, 6.07) is 28.3. The number of amides is 2. The third-order valence-corrected chi connectivity index (χ3v) is 10.3. The largest absolute Gasteiger partial charge is 0.465 e. The fourth-order valence-corrected chi connectivity index (χ4v) is 7.97. The molecule has 3 aliphatic rings. The van der Waals surface area contributed by atoms with E-state index in [1.54, 1.807) is 11.1 Å². The molecule has 2 N–H and O–H groups in total. The Kier molecular flexibility index (Phi) is 7.32. The predicted octanol–water partition coefficient (Wildman–Crippen LogP) is 8.72. The van der Waals surface area contributed by atoms with Crippen LogP contribution >= 0.6 is 0 Å². The Morgan fingerprint density at radius 1 is 0.857 bits per heavy atom. The highest BCUT2D eigenvalue weighted by molar-refractivity contribution is 5.96. The second-order valence-electron chi connectivity index (χ2n) is 14.3. The number of benzene rings is 3. The molecule has 2 amide bonds. The van der Waals surface area contributed by atoms with E-state index in [4.69, 9.17) is 9.97 Å². The summed E-state index contributed by atoms with van der Waals surface area (Å²) in [5, 5.41) is 13.9. The number of anilines is 2. The van der Waals surface area contributed by atoms with Crippen molar-refractivity contribution < 1.29 is 14.7 Å². The SMILES string of the molecule is CC(C)(C)N(C(=O)O)C1(c2ccc(-c3c(-c4ccc(C(=O)N5CCCC5)cc4)nc4n3-c3cccnc3Nc3ccccc3-4)cc2)CCC1. The van der Waals surface area contributed by atoms with Crippen molar-refractivity contribution in [2.75, 3.05) is 18.4 Å². The third-order valence-electron chi connectivity index (χ3n) is 10.3. The smallest absolute Gasteiger partial charge is 0.408 e. The van der Waals surface area contributed by atoms with Crippen molar-refractivity contribution in [1.82, 2.24) is 24.3 Å². The lowest BCUT2D eigenvalue weighted by molar-refractivity contribution is -0.0328. The van der Waals surface area contributed by atoms with Crippen LogP contribution in [-0.4, -0.2) is 60.1 Å². The van der Waals surface area contributed by atoms with Gasteiger partial charge in [0.05, 0.1) is 28.3 Å². The van der Waals surface area contributed by atoms with E-state index < -0.39 is 17.2 Å². The van der Waals surface area contributed by atoms with Crippen molar-refractivity contribution in [3.8, 4) is 39.6 Å². The predicted molar refractivity (Wildman–Crippen MR) is 191 cm³/mol. The number of aromatic nitrogens is 3. The van der Waals surface area contributed by atoms with Crippen LogP contribution in [-0.2, 0) is 5.54 Å². The van der Waals surface area contributed by atoms with Crippen molar-refractivity contribution >= 4 is 23.5 Å². The monoisotopic (exact) mass is 652 g/mol. The Morgan fingerprint density at radius 3 is 2.20 bits per heavy atom. The third kappa shape index (κ3) is 5.07. The Bertz CT molecular complexity index is 2070. The minimum absolute atomic E-state index is 0.0658. The molecule has 0 bridgehead atoms. The maximum atomic E-state index is 13.2. The van der Waals surface area contributed by atoms with Gasteiger partial charge in [0.15, 0.2) is 5.82 Å². The van der Waals surface area contributed by atoms with Crippen LogP contribution in [0.25, 0.3) is 39.6 Å². The molecular formula is C40H40N6O3. The fraction of sp³-hybridized carbons (Fsp3) is 0.300. The number of hydrogen-bond acceptors (Lipinski definition) is 5. The number of nitrogens with one attached hydrogen (secondary N) is 1. The average Bonchev–Trinajstić information content (AvgIpc) is 3.73. The molecule has 5 aromatic rings. The Labute approximate surface area is 286 Å². The molecule has 2 aromatic heterocycles. The summed E-state index contributed by atoms with van der Waals surface area (Å²) in [7, 11) is 0. The van der Waals surface area contributed by atoms with Crippen molar-refractivity contribution in [3.05, 3.63) is 102 Å². The van der Waals surface area contributed by atoms with Gasteiger partial charge in [0.25, 0.3) is 5.91 Å². The van der Waals surface area contributed by atoms with Crippen molar-refractivity contribution in [1.29, 1.82) is 0 Å². The number of carbonyl (C=O) groups excluding carboxylic acids is 1. The summed E-state index contributed by atoms with van der Waals surface area (Å²) in [5.41, 5.74) is 6.78. The summed E-state index contributed by atoms with van der Waals surface area (Å²) in [6.45, 7) is 7.49. The second kappa shape index (κ2) is 11.6. The maximum absolute atomic E-state index is 13.2. The number of rotatable bonds is 5. The fourth-order valence-electron chi connectivity index (χ4n) is 7.97. The van der Waals surface area contributed by atoms with Gasteiger partial charge in [-0.2, -0.15) is 0 Å². The topological polar surface area (TPSA) is 104 Å². The highest BCUT2D eigenvalue weighted by Crippen LogP contribution is 2.50. The van der Waals surface area contributed by atoms with Crippen LogP contribution in [0, 0.1) is 0 Å². The van der Waals surface area contributed by atoms with Gasteiger partial charge < -0.3 is 15.3 Å². The van der Waals surface area contributed by atoms with Gasteiger partial charge in [0, 0.05) is 47.1 Å². The molecule has 9 heteroatoms. The van der Waals surface area contributed by atoms with Gasteiger partial charge in [-0.05, 0) is 94.8 Å². The first kappa shape index (κ1) is 30.9. The lowest BCUT2D eigenvalue weighted by Gasteiger charge is -2.54. The van der Waals surface area contributed by atoms with E-state index in [9.17, 15) is 14.7 Å². The standard InChI is InChI=1S/C40H40N6O3/c1-39(2,3)46(38(48)49)40(21-9-22-40)29-19-17-27(18-20-29)34-33(26-13-15-28(16-14-26)37(47)44-24-6-7-25-44)43-36-30-10-4-5-11-31(30)42-35-32(45(34)36)12-8-23-41-35/h4-5,8,10-20,23H,6-7,9,21-22,24-25H2,1-3H3,(H,41,42)(H,48,49). The molecule has 1 saturated carbocycles. The molecule has 8 rings (SSSR count). The van der Waals surface area contributed by atoms with Crippen LogP contribution in [0.2, 0.25) is 0 Å². The lowest BCUT2D eigenvalue weighted by Crippen LogP contribution is -2.60. The van der Waals surface area contributed by atoms with E-state index in [2.05, 4.69) is 40.2 Å². The average molecular weight is 653 g/mol. The van der Waals surface area contributed by atoms with Gasteiger partial charge in [0.2, 0.25) is 0 Å². The lowest BCUT2D eigenvalue weighted by atomic mass is 9.69. The molecule has 0 unspecified atom stereocenters. The minimum Gasteiger partial charge on any atom is -0.465 e. The Morgan fingerprint density at radius 2 is 1.55 bits per heavy atom. The van der Waals surface area contributed by atoms with Crippen LogP contribution in [0.1, 0.15) is 68.8 Å². The second-order valence-corrected chi connectivity index (χ2v) is 14.3. The summed E-state index contributed by atoms with van der Waals surface area (Å²) in [5.74, 6) is 1.57. The summed E-state index contributed by atoms with van der Waals surface area (Å²) in [6.07, 6.45) is 5.52. The van der Waals surface area contributed by atoms with Gasteiger partial charge in [-0.1, -0.05) is 48.5 Å². The molecule has 0 spiro atoms. The molecule has 248 valence electrons. The number of carbonyl (C=O) groups is 2. The first-order valence-corrected chi connectivity index (χ1v) is 17.1. The van der Waals surface area contributed by atoms with Crippen molar-refractivity contribution in [3.63, 3.8) is 0 Å². The van der Waals surface area contributed by atoms with Crippen molar-refractivity contribution in [2.45, 2.75) is 64.0 Å². The molecule has 2 aliphatic heterocycles. The number of imidazole rings is 1. The summed E-state index contributed by atoms with van der Waals surface area (Å²) < 4.78 is 2.17. The minimum atomic E-state index is -0.901. The quantitative estimate of drug-likeness (QED) is 0.193. The highest BCUT2D eigenvalue weighted by Gasteiger charge is 2.50. The molecule has 2 fully saturated rings. The number of hydrogen-bond donors (Lipinski definition) is 2. The molecule has 0 radical (unpaired) electrons. The highest BCUT2D eigenvalue weighted by atomic mass is 16.4. The molecule has 1 saturated heterocycles. The van der Waals surface area contributed by atoms with E-state index in [-0.39, 0.29) is 5.91 Å². The number of nitrogens with zero attached hydrogens (tertiary/aromatic N) is 5. The van der Waals surface area contributed by atoms with Gasteiger partial charge in [-0.15, -0.1) is 0 Å². The zero-order valence-corrected chi connectivity index (χ0v) is 28.1. The maximum Gasteiger partial charge on any atom is 0.408 e. The van der Waals surface area contributed by atoms with E-state index in [1.807, 2.05) is 80.3 Å². The molecule has 9 nitrogen and oxygen atoms in total. The number of para-hydroxylation sites is 1. The molecular weight excluding hydrogens is 612 g/mol. The summed E-state index contributed by atoms with van der Waals surface area (Å²) in [4.78, 5) is 39.5. The first-order chi connectivity index (χ1) is 23.7. The van der Waals surface area contributed by atoms with Gasteiger partial charge in [0.1, 0.15) is 5.82 Å². The molecule has 1 aliphatic carbocycles. The molecule has 4 heterocycles. The van der Waals surface area contributed by atoms with E-state index in [0.29, 0.717) is 5.56 Å². The molecule has 49 heavy (non-hydrogen) atoms. The summed E-state index contributed by atoms with van der Waals surface area (Å²) >= 11 is 0. The zero-order chi connectivity index (χ0) is 33.9. The van der Waals surface area contributed by atoms with Crippen LogP contribution in [0.5, 0.6) is 0 Å². The number of fused-ring (bicyclic) bond motifs is 5. The van der Waals surface area contributed by atoms with Crippen molar-refractivity contribution in [2.24, 2.45) is 0 Å². The number of carboxylic acid groups (broad SMARTS) is 1. The number of likely N-dealkylation sites (tertiary alicyclic amines) is 1. The van der Waals surface area contributed by atoms with Crippen LogP contribution < -0.4 is 5.32 Å². The normalized spacial score (nSPS) is 16.0. The Balaban J connectivity index is 1.31.